The fourth-order valence-corrected chi connectivity index (χ4v) is 7.16. The summed E-state index contributed by atoms with van der Waals surface area (Å²) >= 11 is 3.65. The number of aryl methyl sites for hydroxylation is 1. The van der Waals surface area contributed by atoms with Crippen LogP contribution >= 0.6 is 15.9 Å². The van der Waals surface area contributed by atoms with E-state index in [0.29, 0.717) is 46.0 Å². The Morgan fingerprint density at radius 3 is 1.82 bits per heavy atom. The molecule has 286 valence electrons. The SMILES string of the molecule is COCCOc1ccc2cc(Br)ccc2c1-c1c(OCCOC)ccc2cc(-c3ccc(-c4ccc(CCCC(=O)O)cc4)c(OCCCCN)c3)ccc12. The number of benzene rings is 6. The number of carboxylic acid groups (broad SMARTS) is 1. The van der Waals surface area contributed by atoms with Crippen LogP contribution in [0.4, 0.5) is 0 Å². The van der Waals surface area contributed by atoms with Crippen molar-refractivity contribution < 1.29 is 33.6 Å². The van der Waals surface area contributed by atoms with Crippen molar-refractivity contribution in [1.82, 2.24) is 0 Å². The summed E-state index contributed by atoms with van der Waals surface area (Å²) in [6.45, 7) is 2.91. The second-order valence-corrected chi connectivity index (χ2v) is 14.3. The molecule has 6 rings (SSSR count). The van der Waals surface area contributed by atoms with Crippen molar-refractivity contribution in [2.45, 2.75) is 32.1 Å². The molecular formula is C46H48BrNO7. The zero-order valence-electron chi connectivity index (χ0n) is 31.4. The lowest BCUT2D eigenvalue weighted by molar-refractivity contribution is -0.137. The number of carbonyl (C=O) groups is 1. The molecule has 6 aromatic rings. The first-order chi connectivity index (χ1) is 26.9. The molecule has 0 spiro atoms. The van der Waals surface area contributed by atoms with E-state index < -0.39 is 5.97 Å². The molecule has 9 heteroatoms. The van der Waals surface area contributed by atoms with Gasteiger partial charge in [-0.3, -0.25) is 4.79 Å². The number of nitrogens with two attached hydrogens (primary N) is 1. The van der Waals surface area contributed by atoms with Gasteiger partial charge in [-0.05, 0) is 112 Å². The van der Waals surface area contributed by atoms with Crippen LogP contribution in [0.2, 0.25) is 0 Å². The van der Waals surface area contributed by atoms with Crippen LogP contribution < -0.4 is 19.9 Å². The summed E-state index contributed by atoms with van der Waals surface area (Å²) < 4.78 is 30.9. The third kappa shape index (κ3) is 10.0. The summed E-state index contributed by atoms with van der Waals surface area (Å²) in [5.74, 6) is 1.53. The van der Waals surface area contributed by atoms with E-state index in [-0.39, 0.29) is 6.42 Å². The van der Waals surface area contributed by atoms with Gasteiger partial charge in [-0.2, -0.15) is 0 Å². The van der Waals surface area contributed by atoms with E-state index in [4.69, 9.17) is 34.5 Å². The molecule has 0 aliphatic carbocycles. The zero-order chi connectivity index (χ0) is 38.6. The fourth-order valence-electron chi connectivity index (χ4n) is 6.78. The molecule has 0 atom stereocenters. The molecule has 0 amide bonds. The summed E-state index contributed by atoms with van der Waals surface area (Å²) in [6.07, 6.45) is 3.24. The Morgan fingerprint density at radius 2 is 1.18 bits per heavy atom. The number of fused-ring (bicyclic) bond motifs is 2. The van der Waals surface area contributed by atoms with Crippen LogP contribution in [-0.2, 0) is 20.7 Å². The molecule has 0 saturated heterocycles. The Labute approximate surface area is 331 Å². The van der Waals surface area contributed by atoms with E-state index in [1.165, 1.54) is 0 Å². The third-order valence-corrected chi connectivity index (χ3v) is 10.1. The van der Waals surface area contributed by atoms with Gasteiger partial charge in [-0.25, -0.2) is 0 Å². The largest absolute Gasteiger partial charge is 0.493 e. The lowest BCUT2D eigenvalue weighted by Crippen LogP contribution is -2.07. The first-order valence-corrected chi connectivity index (χ1v) is 19.5. The molecule has 0 bridgehead atoms. The van der Waals surface area contributed by atoms with Crippen LogP contribution in [0.25, 0.3) is 54.9 Å². The van der Waals surface area contributed by atoms with Gasteiger partial charge in [-0.15, -0.1) is 0 Å². The normalized spacial score (nSPS) is 11.3. The molecule has 0 unspecified atom stereocenters. The van der Waals surface area contributed by atoms with Crippen molar-refractivity contribution in [2.75, 3.05) is 53.8 Å². The van der Waals surface area contributed by atoms with Crippen LogP contribution in [0, 0.1) is 0 Å². The van der Waals surface area contributed by atoms with Crippen LogP contribution in [-0.4, -0.2) is 64.9 Å². The van der Waals surface area contributed by atoms with Gasteiger partial charge < -0.3 is 34.5 Å². The molecular weight excluding hydrogens is 758 g/mol. The van der Waals surface area contributed by atoms with Gasteiger partial charge in [0.05, 0.1) is 19.8 Å². The molecule has 0 aliphatic rings. The Balaban J connectivity index is 1.43. The lowest BCUT2D eigenvalue weighted by Gasteiger charge is -2.20. The molecule has 6 aromatic carbocycles. The highest BCUT2D eigenvalue weighted by molar-refractivity contribution is 9.10. The van der Waals surface area contributed by atoms with E-state index in [2.05, 4.69) is 107 Å². The first-order valence-electron chi connectivity index (χ1n) is 18.7. The predicted molar refractivity (Wildman–Crippen MR) is 225 cm³/mol. The van der Waals surface area contributed by atoms with Gasteiger partial charge in [0.1, 0.15) is 30.5 Å². The van der Waals surface area contributed by atoms with Gasteiger partial charge in [0.25, 0.3) is 0 Å². The minimum Gasteiger partial charge on any atom is -0.493 e. The molecule has 0 radical (unpaired) electrons. The molecule has 0 fully saturated rings. The maximum Gasteiger partial charge on any atom is 0.303 e. The number of methoxy groups -OCH3 is 2. The van der Waals surface area contributed by atoms with Crippen LogP contribution in [0.3, 0.4) is 0 Å². The second-order valence-electron chi connectivity index (χ2n) is 13.4. The molecule has 0 saturated carbocycles. The topological polar surface area (TPSA) is 109 Å². The van der Waals surface area contributed by atoms with E-state index >= 15 is 0 Å². The Kier molecular flexibility index (Phi) is 14.2. The molecule has 0 heterocycles. The first kappa shape index (κ1) is 39.8. The molecule has 0 aliphatic heterocycles. The molecule has 55 heavy (non-hydrogen) atoms. The maximum atomic E-state index is 11.0. The van der Waals surface area contributed by atoms with Crippen LogP contribution in [0.15, 0.2) is 108 Å². The standard InChI is InChI=1S/C46H48BrNO7/c1-51-24-26-54-41-20-14-35-28-33(13-18-39(35)45(41)46-40-19-16-37(47)29-36(40)15-21-42(46)55-27-25-52-2)34-12-17-38(43(30-34)53-23-4-3-22-48)32-10-8-31(9-11-32)6-5-7-44(49)50/h8-21,28-30H,3-7,22-27,48H2,1-2H3,(H,49,50). The van der Waals surface area contributed by atoms with E-state index in [9.17, 15) is 4.79 Å². The van der Waals surface area contributed by atoms with E-state index in [0.717, 1.165) is 101 Å². The monoisotopic (exact) mass is 805 g/mol. The lowest BCUT2D eigenvalue weighted by atomic mass is 9.90. The minimum absolute atomic E-state index is 0.162. The summed E-state index contributed by atoms with van der Waals surface area (Å²) in [5, 5.41) is 13.2. The Hall–Kier alpha value is -4.93. The number of carboxylic acids is 1. The highest BCUT2D eigenvalue weighted by atomic mass is 79.9. The maximum absolute atomic E-state index is 11.0. The summed E-state index contributed by atoms with van der Waals surface area (Å²) in [7, 11) is 3.34. The van der Waals surface area contributed by atoms with Crippen molar-refractivity contribution in [3.05, 3.63) is 113 Å². The molecule has 3 N–H and O–H groups in total. The van der Waals surface area contributed by atoms with E-state index in [1.807, 2.05) is 12.1 Å². The van der Waals surface area contributed by atoms with E-state index in [1.54, 1.807) is 14.2 Å². The highest BCUT2D eigenvalue weighted by Gasteiger charge is 2.20. The Bertz CT molecular complexity index is 2220. The number of halogens is 1. The van der Waals surface area contributed by atoms with Crippen molar-refractivity contribution in [1.29, 1.82) is 0 Å². The predicted octanol–water partition coefficient (Wildman–Crippen LogP) is 10.3. The average molecular weight is 807 g/mol. The van der Waals surface area contributed by atoms with Crippen LogP contribution in [0.5, 0.6) is 17.2 Å². The zero-order valence-corrected chi connectivity index (χ0v) is 33.0. The smallest absolute Gasteiger partial charge is 0.303 e. The van der Waals surface area contributed by atoms with Gasteiger partial charge >= 0.3 is 5.97 Å². The quantitative estimate of drug-likeness (QED) is 0.0734. The molecule has 0 aromatic heterocycles. The second kappa shape index (κ2) is 19.6. The van der Waals surface area contributed by atoms with Crippen molar-refractivity contribution in [3.63, 3.8) is 0 Å². The fraction of sp³-hybridized carbons (Fsp3) is 0.283. The Morgan fingerprint density at radius 1 is 0.600 bits per heavy atom. The van der Waals surface area contributed by atoms with Crippen molar-refractivity contribution in [2.24, 2.45) is 5.73 Å². The average Bonchev–Trinajstić information content (AvgIpc) is 3.19. The summed E-state index contributed by atoms with van der Waals surface area (Å²) in [6, 6.07) is 35.7. The number of aliphatic carboxylic acids is 1. The third-order valence-electron chi connectivity index (χ3n) is 9.56. The van der Waals surface area contributed by atoms with Gasteiger partial charge in [-0.1, -0.05) is 82.7 Å². The van der Waals surface area contributed by atoms with Crippen LogP contribution in [0.1, 0.15) is 31.2 Å². The van der Waals surface area contributed by atoms with Crippen molar-refractivity contribution in [3.8, 4) is 50.6 Å². The van der Waals surface area contributed by atoms with Gasteiger partial charge in [0.15, 0.2) is 0 Å². The summed E-state index contributed by atoms with van der Waals surface area (Å²) in [4.78, 5) is 11.0. The number of ether oxygens (including phenoxy) is 5. The summed E-state index contributed by atoms with van der Waals surface area (Å²) in [5.41, 5.74) is 12.9. The highest BCUT2D eigenvalue weighted by Crippen LogP contribution is 2.47. The number of hydrogen-bond acceptors (Lipinski definition) is 7. The number of unbranched alkanes of at least 4 members (excludes halogenated alkanes) is 1. The van der Waals surface area contributed by atoms with Gasteiger partial charge in [0, 0.05) is 41.8 Å². The number of hydrogen-bond donors (Lipinski definition) is 2. The minimum atomic E-state index is -0.771. The van der Waals surface area contributed by atoms with Crippen molar-refractivity contribution >= 4 is 43.4 Å². The molecule has 8 nitrogen and oxygen atoms in total. The number of rotatable bonds is 20. The van der Waals surface area contributed by atoms with Gasteiger partial charge in [0.2, 0.25) is 0 Å².